The fraction of sp³-hybridized carbons (Fsp3) is 0.154. The first kappa shape index (κ1) is 11.1. The highest BCUT2D eigenvalue weighted by Gasteiger charge is 2.20. The van der Waals surface area contributed by atoms with Crippen LogP contribution in [-0.2, 0) is 0 Å². The van der Waals surface area contributed by atoms with E-state index in [9.17, 15) is 9.90 Å². The van der Waals surface area contributed by atoms with Crippen molar-refractivity contribution in [3.8, 4) is 27.7 Å². The SMILES string of the molecule is O=Cc1cc(-c2scc3c2OCCO3)ccc1O. The molecule has 1 aliphatic rings. The zero-order valence-electron chi connectivity index (χ0n) is 9.38. The van der Waals surface area contributed by atoms with Crippen LogP contribution in [0.4, 0.5) is 0 Å². The lowest BCUT2D eigenvalue weighted by atomic mass is 10.1. The van der Waals surface area contributed by atoms with Crippen molar-refractivity contribution >= 4 is 17.6 Å². The lowest BCUT2D eigenvalue weighted by Crippen LogP contribution is -2.14. The Morgan fingerprint density at radius 2 is 2.11 bits per heavy atom. The van der Waals surface area contributed by atoms with Gasteiger partial charge in [-0.25, -0.2) is 0 Å². The van der Waals surface area contributed by atoms with E-state index in [2.05, 4.69) is 0 Å². The van der Waals surface area contributed by atoms with E-state index in [-0.39, 0.29) is 11.3 Å². The van der Waals surface area contributed by atoms with Crippen molar-refractivity contribution in [2.24, 2.45) is 0 Å². The van der Waals surface area contributed by atoms with Gasteiger partial charge < -0.3 is 14.6 Å². The Hall–Kier alpha value is -2.01. The molecule has 0 aliphatic carbocycles. The van der Waals surface area contributed by atoms with Crippen molar-refractivity contribution in [3.05, 3.63) is 29.1 Å². The number of benzene rings is 1. The van der Waals surface area contributed by atoms with Gasteiger partial charge in [-0.15, -0.1) is 11.3 Å². The first-order valence-corrected chi connectivity index (χ1v) is 6.33. The predicted octanol–water partition coefficient (Wildman–Crippen LogP) is 2.70. The molecule has 2 aromatic rings. The third-order valence-electron chi connectivity index (χ3n) is 2.72. The van der Waals surface area contributed by atoms with E-state index < -0.39 is 0 Å². The van der Waals surface area contributed by atoms with E-state index in [1.54, 1.807) is 12.1 Å². The number of phenols is 1. The number of thiophene rings is 1. The molecule has 4 nitrogen and oxygen atoms in total. The largest absolute Gasteiger partial charge is 0.507 e. The van der Waals surface area contributed by atoms with Gasteiger partial charge in [0.1, 0.15) is 19.0 Å². The predicted molar refractivity (Wildman–Crippen MR) is 67.8 cm³/mol. The number of phenolic OH excluding ortho intramolecular Hbond substituents is 1. The molecule has 0 spiro atoms. The summed E-state index contributed by atoms with van der Waals surface area (Å²) in [6, 6.07) is 4.91. The molecule has 3 rings (SSSR count). The molecule has 0 bridgehead atoms. The van der Waals surface area contributed by atoms with Crippen LogP contribution in [0.1, 0.15) is 10.4 Å². The minimum atomic E-state index is -0.0173. The Balaban J connectivity index is 2.09. The fourth-order valence-corrected chi connectivity index (χ4v) is 2.78. The van der Waals surface area contributed by atoms with Crippen LogP contribution in [0.25, 0.3) is 10.4 Å². The molecule has 18 heavy (non-hydrogen) atoms. The monoisotopic (exact) mass is 262 g/mol. The highest BCUT2D eigenvalue weighted by Crippen LogP contribution is 2.45. The molecular formula is C13H10O4S. The first-order chi connectivity index (χ1) is 8.79. The van der Waals surface area contributed by atoms with Crippen molar-refractivity contribution in [1.82, 2.24) is 0 Å². The molecule has 0 radical (unpaired) electrons. The van der Waals surface area contributed by atoms with Gasteiger partial charge in [0, 0.05) is 5.38 Å². The minimum Gasteiger partial charge on any atom is -0.507 e. The maximum absolute atomic E-state index is 10.8. The molecule has 1 aromatic heterocycles. The third-order valence-corrected chi connectivity index (χ3v) is 3.71. The second kappa shape index (κ2) is 4.34. The number of ether oxygens (including phenoxy) is 2. The van der Waals surface area contributed by atoms with Gasteiger partial charge in [0.05, 0.1) is 10.4 Å². The number of carbonyl (C=O) groups is 1. The number of rotatable bonds is 2. The van der Waals surface area contributed by atoms with Gasteiger partial charge in [-0.3, -0.25) is 4.79 Å². The summed E-state index contributed by atoms with van der Waals surface area (Å²) in [4.78, 5) is 11.7. The summed E-state index contributed by atoms with van der Waals surface area (Å²) in [6.45, 7) is 1.08. The van der Waals surface area contributed by atoms with E-state index in [1.807, 2.05) is 5.38 Å². The van der Waals surface area contributed by atoms with Crippen LogP contribution < -0.4 is 9.47 Å². The molecule has 92 valence electrons. The standard InChI is InChI=1S/C13H10O4S/c14-6-9-5-8(1-2-10(9)15)13-12-11(7-18-13)16-3-4-17-12/h1-2,5-7,15H,3-4H2. The Bertz CT molecular complexity index is 603. The second-order valence-electron chi connectivity index (χ2n) is 3.85. The summed E-state index contributed by atoms with van der Waals surface area (Å²) < 4.78 is 11.1. The fourth-order valence-electron chi connectivity index (χ4n) is 1.85. The Morgan fingerprint density at radius 3 is 2.94 bits per heavy atom. The molecule has 0 fully saturated rings. The molecule has 0 saturated carbocycles. The van der Waals surface area contributed by atoms with Gasteiger partial charge >= 0.3 is 0 Å². The molecule has 1 aromatic carbocycles. The molecule has 1 aliphatic heterocycles. The van der Waals surface area contributed by atoms with Crippen LogP contribution in [0, 0.1) is 0 Å². The Kier molecular flexibility index (Phi) is 2.68. The molecule has 2 heterocycles. The average molecular weight is 262 g/mol. The summed E-state index contributed by atoms with van der Waals surface area (Å²) in [5.74, 6) is 1.44. The smallest absolute Gasteiger partial charge is 0.179 e. The molecule has 0 atom stereocenters. The zero-order valence-corrected chi connectivity index (χ0v) is 10.2. The summed E-state index contributed by atoms with van der Waals surface area (Å²) in [6.07, 6.45) is 0.635. The van der Waals surface area contributed by atoms with Crippen LogP contribution in [0.5, 0.6) is 17.2 Å². The van der Waals surface area contributed by atoms with Gasteiger partial charge in [-0.05, 0) is 23.8 Å². The summed E-state index contributed by atoms with van der Waals surface area (Å²) in [5, 5.41) is 11.4. The quantitative estimate of drug-likeness (QED) is 0.845. The highest BCUT2D eigenvalue weighted by atomic mass is 32.1. The van der Waals surface area contributed by atoms with E-state index in [1.165, 1.54) is 17.4 Å². The highest BCUT2D eigenvalue weighted by molar-refractivity contribution is 7.14. The van der Waals surface area contributed by atoms with Crippen LogP contribution in [-0.4, -0.2) is 24.6 Å². The maximum Gasteiger partial charge on any atom is 0.179 e. The maximum atomic E-state index is 10.8. The summed E-state index contributed by atoms with van der Waals surface area (Å²) in [5.41, 5.74) is 1.11. The van der Waals surface area contributed by atoms with Crippen LogP contribution in [0.2, 0.25) is 0 Å². The van der Waals surface area contributed by atoms with Crippen molar-refractivity contribution in [1.29, 1.82) is 0 Å². The van der Waals surface area contributed by atoms with E-state index >= 15 is 0 Å². The zero-order chi connectivity index (χ0) is 12.5. The number of hydrogen-bond donors (Lipinski definition) is 1. The normalized spacial score (nSPS) is 13.3. The number of aldehydes is 1. The van der Waals surface area contributed by atoms with Gasteiger partial charge in [-0.2, -0.15) is 0 Å². The van der Waals surface area contributed by atoms with E-state index in [0.717, 1.165) is 16.2 Å². The van der Waals surface area contributed by atoms with Crippen molar-refractivity contribution < 1.29 is 19.4 Å². The van der Waals surface area contributed by atoms with Gasteiger partial charge in [0.25, 0.3) is 0 Å². The van der Waals surface area contributed by atoms with E-state index in [4.69, 9.17) is 9.47 Å². The van der Waals surface area contributed by atoms with Gasteiger partial charge in [-0.1, -0.05) is 0 Å². The number of aromatic hydroxyl groups is 1. The minimum absolute atomic E-state index is 0.0173. The molecule has 0 saturated heterocycles. The van der Waals surface area contributed by atoms with Gasteiger partial charge in [0.15, 0.2) is 17.8 Å². The topological polar surface area (TPSA) is 55.8 Å². The number of fused-ring (bicyclic) bond motifs is 1. The lowest BCUT2D eigenvalue weighted by Gasteiger charge is -2.16. The van der Waals surface area contributed by atoms with Gasteiger partial charge in [0.2, 0.25) is 0 Å². The first-order valence-electron chi connectivity index (χ1n) is 5.45. The van der Waals surface area contributed by atoms with Crippen LogP contribution in [0.3, 0.4) is 0 Å². The Morgan fingerprint density at radius 1 is 1.28 bits per heavy atom. The van der Waals surface area contributed by atoms with Crippen molar-refractivity contribution in [3.63, 3.8) is 0 Å². The molecular weight excluding hydrogens is 252 g/mol. The van der Waals surface area contributed by atoms with E-state index in [0.29, 0.717) is 25.2 Å². The second-order valence-corrected chi connectivity index (χ2v) is 4.73. The molecule has 5 heteroatoms. The number of carbonyl (C=O) groups excluding carboxylic acids is 1. The van der Waals surface area contributed by atoms with Crippen molar-refractivity contribution in [2.75, 3.05) is 13.2 Å². The molecule has 0 unspecified atom stereocenters. The average Bonchev–Trinajstić information content (AvgIpc) is 2.83. The number of hydrogen-bond acceptors (Lipinski definition) is 5. The third kappa shape index (κ3) is 1.73. The lowest BCUT2D eigenvalue weighted by molar-refractivity contribution is 0.112. The summed E-state index contributed by atoms with van der Waals surface area (Å²) >= 11 is 1.50. The Labute approximate surface area is 107 Å². The van der Waals surface area contributed by atoms with Crippen LogP contribution in [0.15, 0.2) is 23.6 Å². The van der Waals surface area contributed by atoms with Crippen LogP contribution >= 0.6 is 11.3 Å². The molecule has 1 N–H and O–H groups in total. The van der Waals surface area contributed by atoms with Crippen molar-refractivity contribution in [2.45, 2.75) is 0 Å². The molecule has 0 amide bonds. The summed E-state index contributed by atoms with van der Waals surface area (Å²) in [7, 11) is 0.